The van der Waals surface area contributed by atoms with Gasteiger partial charge in [-0.15, -0.1) is 0 Å². The van der Waals surface area contributed by atoms with Crippen molar-refractivity contribution >= 4 is 16.7 Å². The Balaban J connectivity index is 1.62. The second-order valence-corrected chi connectivity index (χ2v) is 7.43. The van der Waals surface area contributed by atoms with Crippen LogP contribution in [0.3, 0.4) is 0 Å². The van der Waals surface area contributed by atoms with Crippen LogP contribution in [0.4, 0.5) is 0 Å². The van der Waals surface area contributed by atoms with Gasteiger partial charge >= 0.3 is 0 Å². The number of nitrogens with one attached hydrogen (secondary N) is 1. The van der Waals surface area contributed by atoms with Crippen molar-refractivity contribution in [3.05, 3.63) is 42.0 Å². The van der Waals surface area contributed by atoms with E-state index in [2.05, 4.69) is 31.2 Å². The number of benzene rings is 2. The van der Waals surface area contributed by atoms with E-state index in [1.807, 2.05) is 24.1 Å². The molecule has 0 spiro atoms. The summed E-state index contributed by atoms with van der Waals surface area (Å²) in [5.41, 5.74) is 1.16. The van der Waals surface area contributed by atoms with Crippen molar-refractivity contribution < 1.29 is 14.4 Å². The van der Waals surface area contributed by atoms with Crippen LogP contribution < -0.4 is 9.64 Å². The van der Waals surface area contributed by atoms with E-state index in [0.29, 0.717) is 13.1 Å². The standard InChI is InChI=1S/C21H28N2O2/c1-16-5-4-10-23(13-16)15-21(24)22(2)14-17-6-7-19-12-20(25-3)9-8-18(19)11-17/h6-9,11-12,16H,4-5,10,13-15H2,1-3H3/p+1/t16-/m0/s1. The van der Waals surface area contributed by atoms with Gasteiger partial charge in [-0.3, -0.25) is 4.79 Å². The van der Waals surface area contributed by atoms with Crippen LogP contribution in [0.2, 0.25) is 0 Å². The quantitative estimate of drug-likeness (QED) is 0.904. The first-order chi connectivity index (χ1) is 12.0. The van der Waals surface area contributed by atoms with Crippen LogP contribution >= 0.6 is 0 Å². The Labute approximate surface area is 150 Å². The number of methoxy groups -OCH3 is 1. The lowest BCUT2D eigenvalue weighted by molar-refractivity contribution is -0.900. The molecule has 1 saturated heterocycles. The lowest BCUT2D eigenvalue weighted by atomic mass is 10.0. The topological polar surface area (TPSA) is 34.0 Å². The molecule has 2 aromatic carbocycles. The number of carbonyl (C=O) groups excluding carboxylic acids is 1. The molecule has 1 unspecified atom stereocenters. The Morgan fingerprint density at radius 2 is 2.00 bits per heavy atom. The maximum Gasteiger partial charge on any atom is 0.277 e. The highest BCUT2D eigenvalue weighted by Gasteiger charge is 2.23. The summed E-state index contributed by atoms with van der Waals surface area (Å²) in [5, 5.41) is 2.33. The molecule has 3 rings (SSSR count). The molecule has 0 bridgehead atoms. The smallest absolute Gasteiger partial charge is 0.277 e. The largest absolute Gasteiger partial charge is 0.497 e. The van der Waals surface area contributed by atoms with Gasteiger partial charge in [0.25, 0.3) is 5.91 Å². The van der Waals surface area contributed by atoms with Crippen LogP contribution in [-0.4, -0.2) is 44.6 Å². The van der Waals surface area contributed by atoms with Crippen molar-refractivity contribution in [1.29, 1.82) is 0 Å². The van der Waals surface area contributed by atoms with Gasteiger partial charge in [0, 0.05) is 19.5 Å². The molecule has 1 fully saturated rings. The minimum absolute atomic E-state index is 0.235. The highest BCUT2D eigenvalue weighted by atomic mass is 16.5. The van der Waals surface area contributed by atoms with Gasteiger partial charge < -0.3 is 14.5 Å². The molecule has 1 aliphatic rings. The highest BCUT2D eigenvalue weighted by molar-refractivity contribution is 5.84. The van der Waals surface area contributed by atoms with Crippen molar-refractivity contribution in [1.82, 2.24) is 4.90 Å². The zero-order valence-electron chi connectivity index (χ0n) is 15.5. The number of ether oxygens (including phenoxy) is 1. The van der Waals surface area contributed by atoms with Crippen LogP contribution in [0.25, 0.3) is 10.8 Å². The summed E-state index contributed by atoms with van der Waals surface area (Å²) < 4.78 is 5.27. The van der Waals surface area contributed by atoms with Crippen LogP contribution in [0.1, 0.15) is 25.3 Å². The monoisotopic (exact) mass is 341 g/mol. The number of fused-ring (bicyclic) bond motifs is 1. The van der Waals surface area contributed by atoms with E-state index in [1.165, 1.54) is 23.1 Å². The molecule has 0 aromatic heterocycles. The molecule has 1 N–H and O–H groups in total. The molecule has 0 saturated carbocycles. The first-order valence-electron chi connectivity index (χ1n) is 9.19. The van der Waals surface area contributed by atoms with Gasteiger partial charge in [-0.2, -0.15) is 0 Å². The summed E-state index contributed by atoms with van der Waals surface area (Å²) in [7, 11) is 3.59. The number of amides is 1. The number of hydrogen-bond acceptors (Lipinski definition) is 2. The number of rotatable bonds is 5. The van der Waals surface area contributed by atoms with E-state index in [1.54, 1.807) is 7.11 Å². The lowest BCUT2D eigenvalue weighted by Gasteiger charge is -2.28. The fourth-order valence-corrected chi connectivity index (χ4v) is 3.77. The molecule has 1 amide bonds. The Morgan fingerprint density at radius 1 is 1.24 bits per heavy atom. The van der Waals surface area contributed by atoms with Crippen molar-refractivity contribution in [3.8, 4) is 5.75 Å². The second kappa shape index (κ2) is 7.87. The van der Waals surface area contributed by atoms with Crippen LogP contribution in [0, 0.1) is 5.92 Å². The molecular weight excluding hydrogens is 312 g/mol. The molecule has 4 heteroatoms. The van der Waals surface area contributed by atoms with E-state index >= 15 is 0 Å². The maximum absolute atomic E-state index is 12.6. The Bertz CT molecular complexity index is 744. The lowest BCUT2D eigenvalue weighted by Crippen LogP contribution is -3.14. The summed E-state index contributed by atoms with van der Waals surface area (Å²) in [6, 6.07) is 12.4. The van der Waals surface area contributed by atoms with E-state index in [0.717, 1.165) is 35.7 Å². The normalized spacial score (nSPS) is 20.4. The van der Waals surface area contributed by atoms with Gasteiger partial charge in [0.15, 0.2) is 6.54 Å². The predicted molar refractivity (Wildman–Crippen MR) is 101 cm³/mol. The average Bonchev–Trinajstić information content (AvgIpc) is 2.61. The summed E-state index contributed by atoms with van der Waals surface area (Å²) in [6.07, 6.45) is 2.54. The third-order valence-corrected chi connectivity index (χ3v) is 5.22. The molecule has 1 heterocycles. The van der Waals surface area contributed by atoms with E-state index in [-0.39, 0.29) is 5.91 Å². The minimum Gasteiger partial charge on any atom is -0.497 e. The van der Waals surface area contributed by atoms with Crippen LogP contribution in [0.15, 0.2) is 36.4 Å². The molecule has 25 heavy (non-hydrogen) atoms. The molecular formula is C21H29N2O2+. The maximum atomic E-state index is 12.6. The number of piperidine rings is 1. The fourth-order valence-electron chi connectivity index (χ4n) is 3.77. The summed E-state index contributed by atoms with van der Waals surface area (Å²) in [4.78, 5) is 15.8. The molecule has 1 aliphatic heterocycles. The summed E-state index contributed by atoms with van der Waals surface area (Å²) in [6.45, 7) is 5.81. The van der Waals surface area contributed by atoms with E-state index in [9.17, 15) is 4.79 Å². The molecule has 0 aliphatic carbocycles. The number of nitrogens with zero attached hydrogens (tertiary/aromatic N) is 1. The summed E-state index contributed by atoms with van der Waals surface area (Å²) in [5.74, 6) is 1.84. The Kier molecular flexibility index (Phi) is 5.59. The van der Waals surface area contributed by atoms with Gasteiger partial charge in [0.2, 0.25) is 0 Å². The average molecular weight is 341 g/mol. The molecule has 2 atom stereocenters. The van der Waals surface area contributed by atoms with Crippen molar-refractivity contribution in [2.24, 2.45) is 5.92 Å². The van der Waals surface area contributed by atoms with Gasteiger partial charge in [-0.05, 0) is 47.4 Å². The highest BCUT2D eigenvalue weighted by Crippen LogP contribution is 2.22. The van der Waals surface area contributed by atoms with Gasteiger partial charge in [0.1, 0.15) is 5.75 Å². The second-order valence-electron chi connectivity index (χ2n) is 7.43. The Hall–Kier alpha value is -2.07. The number of quaternary nitrogens is 1. The SMILES string of the molecule is COc1ccc2cc(CN(C)C(=O)C[NH+]3CCC[C@H](C)C3)ccc2c1. The van der Waals surface area contributed by atoms with Crippen LogP contribution in [-0.2, 0) is 11.3 Å². The third-order valence-electron chi connectivity index (χ3n) is 5.22. The number of carbonyl (C=O) groups is 1. The number of hydrogen-bond donors (Lipinski definition) is 1. The molecule has 134 valence electrons. The van der Waals surface area contributed by atoms with Crippen LogP contribution in [0.5, 0.6) is 5.75 Å². The van der Waals surface area contributed by atoms with Crippen molar-refractivity contribution in [2.75, 3.05) is 33.8 Å². The Morgan fingerprint density at radius 3 is 2.76 bits per heavy atom. The van der Waals surface area contributed by atoms with Gasteiger partial charge in [-0.25, -0.2) is 0 Å². The minimum atomic E-state index is 0.235. The number of likely N-dealkylation sites (N-methyl/N-ethyl adjacent to an activating group) is 1. The van der Waals surface area contributed by atoms with Crippen molar-refractivity contribution in [2.45, 2.75) is 26.3 Å². The van der Waals surface area contributed by atoms with Crippen molar-refractivity contribution in [3.63, 3.8) is 0 Å². The number of likely N-dealkylation sites (tertiary alicyclic amines) is 1. The fraction of sp³-hybridized carbons (Fsp3) is 0.476. The molecule has 4 nitrogen and oxygen atoms in total. The zero-order valence-corrected chi connectivity index (χ0v) is 15.5. The third kappa shape index (κ3) is 4.51. The molecule has 2 aromatic rings. The predicted octanol–water partition coefficient (Wildman–Crippen LogP) is 2.12. The zero-order chi connectivity index (χ0) is 17.8. The molecule has 0 radical (unpaired) electrons. The first kappa shape index (κ1) is 17.7. The summed E-state index contributed by atoms with van der Waals surface area (Å²) >= 11 is 0. The van der Waals surface area contributed by atoms with E-state index in [4.69, 9.17) is 4.74 Å². The van der Waals surface area contributed by atoms with Gasteiger partial charge in [-0.1, -0.05) is 25.1 Å². The van der Waals surface area contributed by atoms with Gasteiger partial charge in [0.05, 0.1) is 20.2 Å². The first-order valence-corrected chi connectivity index (χ1v) is 9.19. The van der Waals surface area contributed by atoms with E-state index < -0.39 is 0 Å².